The number of benzene rings is 1. The Morgan fingerprint density at radius 2 is 2.04 bits per heavy atom. The Morgan fingerprint density at radius 3 is 2.84 bits per heavy atom. The highest BCUT2D eigenvalue weighted by Gasteiger charge is 2.25. The summed E-state index contributed by atoms with van der Waals surface area (Å²) in [5.41, 5.74) is 2.96. The lowest BCUT2D eigenvalue weighted by atomic mass is 10.1. The summed E-state index contributed by atoms with van der Waals surface area (Å²) in [5, 5.41) is 0. The zero-order valence-corrected chi connectivity index (χ0v) is 14.4. The van der Waals surface area contributed by atoms with Gasteiger partial charge in [0.2, 0.25) is 0 Å². The molecule has 1 aliphatic rings. The van der Waals surface area contributed by atoms with Gasteiger partial charge in [0, 0.05) is 32.8 Å². The van der Waals surface area contributed by atoms with Gasteiger partial charge in [-0.2, -0.15) is 0 Å². The largest absolute Gasteiger partial charge is 0.306 e. The first kappa shape index (κ1) is 16.0. The Hall–Kier alpha value is -2.53. The Balaban J connectivity index is 1.50. The lowest BCUT2D eigenvalue weighted by molar-refractivity contribution is 0.0999. The van der Waals surface area contributed by atoms with Crippen molar-refractivity contribution in [2.24, 2.45) is 5.92 Å². The monoisotopic (exact) mass is 334 g/mol. The highest BCUT2D eigenvalue weighted by atomic mass is 16.1. The topological polar surface area (TPSA) is 51.0 Å². The zero-order valence-electron chi connectivity index (χ0n) is 14.4. The molecular weight excluding hydrogens is 312 g/mol. The normalized spacial score (nSPS) is 18.0. The number of Topliss-reactive ketones (excluding diaryl/α,β-unsaturated/α-hetero) is 1. The number of imidazole rings is 1. The maximum Gasteiger partial charge on any atom is 0.195 e. The van der Waals surface area contributed by atoms with Gasteiger partial charge in [-0.3, -0.25) is 9.69 Å². The van der Waals surface area contributed by atoms with Crippen LogP contribution in [0.2, 0.25) is 0 Å². The van der Waals surface area contributed by atoms with Gasteiger partial charge >= 0.3 is 0 Å². The molecule has 1 aliphatic heterocycles. The van der Waals surface area contributed by atoms with E-state index in [2.05, 4.69) is 45.2 Å². The summed E-state index contributed by atoms with van der Waals surface area (Å²) in [6.07, 6.45) is 2.90. The number of ketones is 1. The summed E-state index contributed by atoms with van der Waals surface area (Å²) in [6, 6.07) is 14.4. The first-order valence-corrected chi connectivity index (χ1v) is 8.79. The number of fused-ring (bicyclic) bond motifs is 1. The second kappa shape index (κ2) is 6.76. The van der Waals surface area contributed by atoms with Crippen molar-refractivity contribution in [3.63, 3.8) is 0 Å². The van der Waals surface area contributed by atoms with E-state index in [1.165, 1.54) is 5.56 Å². The third-order valence-electron chi connectivity index (χ3n) is 4.88. The van der Waals surface area contributed by atoms with E-state index in [0.717, 1.165) is 43.8 Å². The molecule has 0 radical (unpaired) electrons. The van der Waals surface area contributed by atoms with Gasteiger partial charge < -0.3 is 4.57 Å². The molecule has 0 saturated carbocycles. The van der Waals surface area contributed by atoms with Crippen LogP contribution in [0.3, 0.4) is 0 Å². The van der Waals surface area contributed by atoms with Crippen molar-refractivity contribution in [2.45, 2.75) is 26.4 Å². The average Bonchev–Trinajstić information content (AvgIpc) is 3.21. The molecule has 1 aromatic carbocycles. The number of carbonyl (C=O) groups excluding carboxylic acids is 1. The molecule has 0 bridgehead atoms. The summed E-state index contributed by atoms with van der Waals surface area (Å²) in [4.78, 5) is 23.4. The van der Waals surface area contributed by atoms with Gasteiger partial charge in [-0.05, 0) is 36.6 Å². The third kappa shape index (κ3) is 3.33. The van der Waals surface area contributed by atoms with Crippen LogP contribution in [0.25, 0.3) is 11.2 Å². The smallest absolute Gasteiger partial charge is 0.195 e. The minimum atomic E-state index is -0.00265. The van der Waals surface area contributed by atoms with E-state index in [4.69, 9.17) is 0 Å². The van der Waals surface area contributed by atoms with Gasteiger partial charge in [-0.15, -0.1) is 0 Å². The van der Waals surface area contributed by atoms with E-state index in [-0.39, 0.29) is 5.78 Å². The number of nitrogens with zero attached hydrogens (tertiary/aromatic N) is 4. The van der Waals surface area contributed by atoms with Crippen LogP contribution in [0, 0.1) is 5.92 Å². The molecule has 2 aromatic heterocycles. The summed E-state index contributed by atoms with van der Waals surface area (Å²) in [7, 11) is 0. The van der Waals surface area contributed by atoms with Crippen molar-refractivity contribution < 1.29 is 4.79 Å². The first-order valence-electron chi connectivity index (χ1n) is 8.79. The van der Waals surface area contributed by atoms with Crippen molar-refractivity contribution in [1.82, 2.24) is 19.4 Å². The summed E-state index contributed by atoms with van der Waals surface area (Å²) < 4.78 is 2.01. The van der Waals surface area contributed by atoms with Crippen LogP contribution in [-0.4, -0.2) is 38.3 Å². The molecule has 128 valence electrons. The minimum Gasteiger partial charge on any atom is -0.306 e. The minimum absolute atomic E-state index is 0.00265. The third-order valence-corrected chi connectivity index (χ3v) is 4.88. The van der Waals surface area contributed by atoms with Gasteiger partial charge in [0.1, 0.15) is 5.52 Å². The zero-order chi connectivity index (χ0) is 17.2. The maximum absolute atomic E-state index is 12.0. The molecular formula is C20H22N4O. The second-order valence-corrected chi connectivity index (χ2v) is 6.82. The molecule has 0 amide bonds. The van der Waals surface area contributed by atoms with E-state index >= 15 is 0 Å². The second-order valence-electron chi connectivity index (χ2n) is 6.82. The van der Waals surface area contributed by atoms with Crippen LogP contribution in [0.4, 0.5) is 0 Å². The van der Waals surface area contributed by atoms with Gasteiger partial charge in [-0.1, -0.05) is 30.3 Å². The van der Waals surface area contributed by atoms with Crippen molar-refractivity contribution in [1.29, 1.82) is 0 Å². The molecule has 0 unspecified atom stereocenters. The standard InChI is InChI=1S/C20H22N4O/c1-15(25)19-22-18-8-5-10-21-20(18)24(19)14-17-9-11-23(13-17)12-16-6-3-2-4-7-16/h2-8,10,17H,9,11-14H2,1H3/t17-/m0/s1. The molecule has 25 heavy (non-hydrogen) atoms. The predicted molar refractivity (Wildman–Crippen MR) is 97.4 cm³/mol. The number of likely N-dealkylation sites (tertiary alicyclic amines) is 1. The predicted octanol–water partition coefficient (Wildman–Crippen LogP) is 3.16. The molecule has 4 rings (SSSR count). The van der Waals surface area contributed by atoms with E-state index in [1.54, 1.807) is 13.1 Å². The number of hydrogen-bond acceptors (Lipinski definition) is 4. The molecule has 3 heterocycles. The van der Waals surface area contributed by atoms with Crippen LogP contribution < -0.4 is 0 Å². The fourth-order valence-corrected chi connectivity index (χ4v) is 3.71. The first-order chi connectivity index (χ1) is 12.2. The fourth-order valence-electron chi connectivity index (χ4n) is 3.71. The van der Waals surface area contributed by atoms with E-state index < -0.39 is 0 Å². The highest BCUT2D eigenvalue weighted by Crippen LogP contribution is 2.23. The summed E-state index contributed by atoms with van der Waals surface area (Å²) in [5.74, 6) is 1.04. The van der Waals surface area contributed by atoms with E-state index in [1.807, 2.05) is 16.7 Å². The van der Waals surface area contributed by atoms with Gasteiger partial charge in [-0.25, -0.2) is 9.97 Å². The van der Waals surface area contributed by atoms with Crippen LogP contribution >= 0.6 is 0 Å². The van der Waals surface area contributed by atoms with Gasteiger partial charge in [0.15, 0.2) is 17.3 Å². The van der Waals surface area contributed by atoms with Gasteiger partial charge in [0.05, 0.1) is 0 Å². The molecule has 5 heteroatoms. The number of carbonyl (C=O) groups is 1. The maximum atomic E-state index is 12.0. The quantitative estimate of drug-likeness (QED) is 0.673. The van der Waals surface area contributed by atoms with E-state index in [0.29, 0.717) is 11.7 Å². The average molecular weight is 334 g/mol. The number of rotatable bonds is 5. The molecule has 1 saturated heterocycles. The molecule has 1 atom stereocenters. The van der Waals surface area contributed by atoms with Crippen molar-refractivity contribution in [3.05, 3.63) is 60.0 Å². The Morgan fingerprint density at radius 1 is 1.20 bits per heavy atom. The van der Waals surface area contributed by atoms with Crippen molar-refractivity contribution in [2.75, 3.05) is 13.1 Å². The molecule has 1 fully saturated rings. The SMILES string of the molecule is CC(=O)c1nc2cccnc2n1C[C@H]1CCN(Cc2ccccc2)C1. The summed E-state index contributed by atoms with van der Waals surface area (Å²) in [6.45, 7) is 5.50. The molecule has 5 nitrogen and oxygen atoms in total. The van der Waals surface area contributed by atoms with Gasteiger partial charge in [0.25, 0.3) is 0 Å². The molecule has 0 aliphatic carbocycles. The lowest BCUT2D eigenvalue weighted by Crippen LogP contribution is -2.22. The van der Waals surface area contributed by atoms with Crippen LogP contribution in [0.15, 0.2) is 48.7 Å². The van der Waals surface area contributed by atoms with Crippen molar-refractivity contribution in [3.8, 4) is 0 Å². The van der Waals surface area contributed by atoms with E-state index in [9.17, 15) is 4.79 Å². The highest BCUT2D eigenvalue weighted by molar-refractivity contribution is 5.94. The molecule has 0 N–H and O–H groups in total. The fraction of sp³-hybridized carbons (Fsp3) is 0.350. The molecule has 3 aromatic rings. The summed E-state index contributed by atoms with van der Waals surface area (Å²) >= 11 is 0. The van der Waals surface area contributed by atoms with Crippen molar-refractivity contribution >= 4 is 16.9 Å². The number of aromatic nitrogens is 3. The lowest BCUT2D eigenvalue weighted by Gasteiger charge is -2.17. The molecule has 0 spiro atoms. The number of hydrogen-bond donors (Lipinski definition) is 0. The van der Waals surface area contributed by atoms with Crippen LogP contribution in [-0.2, 0) is 13.1 Å². The van der Waals surface area contributed by atoms with Crippen LogP contribution in [0.5, 0.6) is 0 Å². The Bertz CT molecular complexity index is 887. The number of pyridine rings is 1. The van der Waals surface area contributed by atoms with Crippen LogP contribution in [0.1, 0.15) is 29.5 Å². The Kier molecular flexibility index (Phi) is 4.32. The Labute approximate surface area is 147 Å².